The van der Waals surface area contributed by atoms with Crippen LogP contribution in [0.15, 0.2) is 46.0 Å². The number of halogens is 1. The van der Waals surface area contributed by atoms with Gasteiger partial charge in [0.2, 0.25) is 0 Å². The van der Waals surface area contributed by atoms with Gasteiger partial charge in [-0.05, 0) is 37.1 Å². The van der Waals surface area contributed by atoms with Crippen molar-refractivity contribution in [3.8, 4) is 17.2 Å². The van der Waals surface area contributed by atoms with Crippen molar-refractivity contribution in [3.05, 3.63) is 41.0 Å². The normalized spacial score (nSPS) is 19.7. The standard InChI is InChI=1S/C19H19BrN2O5S/c1-28(24,25)18-5-4-14(11-21-18)26-15-8-12(20)9-16(10-15)27-17-6-7-22(19(17)23)13-2-3-13/h4-5,8-11,13,17H,2-3,6-7H2,1H3. The molecule has 7 nitrogen and oxygen atoms in total. The summed E-state index contributed by atoms with van der Waals surface area (Å²) in [6.07, 6.45) is 4.82. The van der Waals surface area contributed by atoms with E-state index >= 15 is 0 Å². The van der Waals surface area contributed by atoms with Crippen LogP contribution in [-0.2, 0) is 14.6 Å². The van der Waals surface area contributed by atoms with Gasteiger partial charge in [-0.1, -0.05) is 15.9 Å². The zero-order valence-corrected chi connectivity index (χ0v) is 17.6. The lowest BCUT2D eigenvalue weighted by Gasteiger charge is -2.17. The number of nitrogens with zero attached hydrogens (tertiary/aromatic N) is 2. The molecule has 1 aromatic heterocycles. The molecule has 1 aromatic carbocycles. The van der Waals surface area contributed by atoms with Gasteiger partial charge in [-0.2, -0.15) is 0 Å². The number of aromatic nitrogens is 1. The van der Waals surface area contributed by atoms with E-state index in [1.807, 2.05) is 4.90 Å². The Hall–Kier alpha value is -2.13. The fourth-order valence-electron chi connectivity index (χ4n) is 3.14. The van der Waals surface area contributed by atoms with Gasteiger partial charge in [-0.15, -0.1) is 0 Å². The van der Waals surface area contributed by atoms with Crippen molar-refractivity contribution in [3.63, 3.8) is 0 Å². The molecule has 1 aliphatic carbocycles. The number of carbonyl (C=O) groups excluding carboxylic acids is 1. The first-order chi connectivity index (χ1) is 13.3. The number of amides is 1. The van der Waals surface area contributed by atoms with Crippen LogP contribution in [0.25, 0.3) is 0 Å². The van der Waals surface area contributed by atoms with E-state index in [1.54, 1.807) is 24.3 Å². The monoisotopic (exact) mass is 466 g/mol. The molecule has 0 spiro atoms. The molecule has 9 heteroatoms. The molecule has 1 saturated carbocycles. The Morgan fingerprint density at radius 1 is 1.11 bits per heavy atom. The predicted octanol–water partition coefficient (Wildman–Crippen LogP) is 3.18. The second-order valence-electron chi connectivity index (χ2n) is 6.99. The Labute approximate surface area is 171 Å². The first-order valence-corrected chi connectivity index (χ1v) is 11.6. The summed E-state index contributed by atoms with van der Waals surface area (Å²) < 4.78 is 35.4. The van der Waals surface area contributed by atoms with E-state index in [2.05, 4.69) is 20.9 Å². The van der Waals surface area contributed by atoms with Gasteiger partial charge in [0.1, 0.15) is 17.2 Å². The van der Waals surface area contributed by atoms with Crippen LogP contribution in [0.1, 0.15) is 19.3 Å². The SMILES string of the molecule is CS(=O)(=O)c1ccc(Oc2cc(Br)cc(OC3CCN(C4CC4)C3=O)c2)cn1. The highest BCUT2D eigenvalue weighted by Gasteiger charge is 2.41. The molecule has 1 saturated heterocycles. The van der Waals surface area contributed by atoms with Gasteiger partial charge in [0.25, 0.3) is 5.91 Å². The van der Waals surface area contributed by atoms with Crippen LogP contribution < -0.4 is 9.47 Å². The minimum absolute atomic E-state index is 0.0157. The second-order valence-corrected chi connectivity index (χ2v) is 9.87. The molecule has 2 aliphatic rings. The average molecular weight is 467 g/mol. The summed E-state index contributed by atoms with van der Waals surface area (Å²) in [4.78, 5) is 18.3. The molecule has 2 heterocycles. The number of likely N-dealkylation sites (tertiary alicyclic amines) is 1. The Morgan fingerprint density at radius 3 is 2.50 bits per heavy atom. The quantitative estimate of drug-likeness (QED) is 0.649. The molecule has 0 bridgehead atoms. The smallest absolute Gasteiger partial charge is 0.263 e. The third-order valence-electron chi connectivity index (χ3n) is 4.63. The highest BCUT2D eigenvalue weighted by molar-refractivity contribution is 9.10. The number of carbonyl (C=O) groups is 1. The van der Waals surface area contributed by atoms with Crippen molar-refractivity contribution < 1.29 is 22.7 Å². The number of benzene rings is 1. The minimum Gasteiger partial charge on any atom is -0.480 e. The third kappa shape index (κ3) is 4.30. The molecule has 2 fully saturated rings. The lowest BCUT2D eigenvalue weighted by molar-refractivity contribution is -0.133. The van der Waals surface area contributed by atoms with Gasteiger partial charge in [0.05, 0.1) is 6.20 Å². The van der Waals surface area contributed by atoms with Gasteiger partial charge in [-0.25, -0.2) is 13.4 Å². The molecule has 148 valence electrons. The number of hydrogen-bond donors (Lipinski definition) is 0. The van der Waals surface area contributed by atoms with Crippen LogP contribution in [0.2, 0.25) is 0 Å². The van der Waals surface area contributed by atoms with E-state index in [4.69, 9.17) is 9.47 Å². The van der Waals surface area contributed by atoms with E-state index in [0.29, 0.717) is 29.7 Å². The summed E-state index contributed by atoms with van der Waals surface area (Å²) in [6.45, 7) is 0.740. The van der Waals surface area contributed by atoms with Crippen LogP contribution in [0, 0.1) is 0 Å². The van der Waals surface area contributed by atoms with Gasteiger partial charge >= 0.3 is 0 Å². The van der Waals surface area contributed by atoms with Gasteiger partial charge in [-0.3, -0.25) is 4.79 Å². The lowest BCUT2D eigenvalue weighted by atomic mass is 10.3. The van der Waals surface area contributed by atoms with E-state index in [0.717, 1.165) is 30.1 Å². The predicted molar refractivity (Wildman–Crippen MR) is 105 cm³/mol. The van der Waals surface area contributed by atoms with Crippen LogP contribution in [0.3, 0.4) is 0 Å². The molecule has 1 aliphatic heterocycles. The van der Waals surface area contributed by atoms with Crippen molar-refractivity contribution in [2.75, 3.05) is 12.8 Å². The Kier molecular flexibility index (Phi) is 5.05. The molecule has 4 rings (SSSR count). The first kappa shape index (κ1) is 19.2. The maximum absolute atomic E-state index is 12.5. The van der Waals surface area contributed by atoms with Crippen molar-refractivity contribution in [2.24, 2.45) is 0 Å². The summed E-state index contributed by atoms with van der Waals surface area (Å²) in [5, 5.41) is -0.0157. The molecule has 2 aromatic rings. The topological polar surface area (TPSA) is 85.8 Å². The van der Waals surface area contributed by atoms with Crippen molar-refractivity contribution in [1.82, 2.24) is 9.88 Å². The van der Waals surface area contributed by atoms with Gasteiger partial charge < -0.3 is 14.4 Å². The number of sulfone groups is 1. The summed E-state index contributed by atoms with van der Waals surface area (Å²) in [6, 6.07) is 8.56. The Balaban J connectivity index is 1.47. The average Bonchev–Trinajstić information content (AvgIpc) is 3.39. The number of pyridine rings is 1. The van der Waals surface area contributed by atoms with Gasteiger partial charge in [0, 0.05) is 35.8 Å². The van der Waals surface area contributed by atoms with Crippen LogP contribution in [0.5, 0.6) is 17.2 Å². The fraction of sp³-hybridized carbons (Fsp3) is 0.368. The molecule has 0 radical (unpaired) electrons. The van der Waals surface area contributed by atoms with E-state index in [-0.39, 0.29) is 10.9 Å². The molecule has 0 N–H and O–H groups in total. The van der Waals surface area contributed by atoms with E-state index < -0.39 is 15.9 Å². The molecule has 1 unspecified atom stereocenters. The van der Waals surface area contributed by atoms with Crippen LogP contribution in [-0.4, -0.2) is 49.2 Å². The van der Waals surface area contributed by atoms with Gasteiger partial charge in [0.15, 0.2) is 21.0 Å². The molecule has 1 atom stereocenters. The second kappa shape index (κ2) is 7.36. The molecule has 28 heavy (non-hydrogen) atoms. The van der Waals surface area contributed by atoms with Crippen molar-refractivity contribution >= 4 is 31.7 Å². The maximum Gasteiger partial charge on any atom is 0.263 e. The zero-order valence-electron chi connectivity index (χ0n) is 15.2. The summed E-state index contributed by atoms with van der Waals surface area (Å²) >= 11 is 3.42. The fourth-order valence-corrected chi connectivity index (χ4v) is 4.15. The molecule has 1 amide bonds. The molecular weight excluding hydrogens is 448 g/mol. The Morgan fingerprint density at radius 2 is 1.86 bits per heavy atom. The Bertz CT molecular complexity index is 1010. The van der Waals surface area contributed by atoms with E-state index in [9.17, 15) is 13.2 Å². The van der Waals surface area contributed by atoms with Crippen molar-refractivity contribution in [1.29, 1.82) is 0 Å². The third-order valence-corrected chi connectivity index (χ3v) is 6.09. The molecular formula is C19H19BrN2O5S. The van der Waals surface area contributed by atoms with Crippen LogP contribution in [0.4, 0.5) is 0 Å². The summed E-state index contributed by atoms with van der Waals surface area (Å²) in [5.41, 5.74) is 0. The van der Waals surface area contributed by atoms with E-state index in [1.165, 1.54) is 12.3 Å². The number of hydrogen-bond acceptors (Lipinski definition) is 6. The number of rotatable bonds is 6. The first-order valence-electron chi connectivity index (χ1n) is 8.91. The lowest BCUT2D eigenvalue weighted by Crippen LogP contribution is -2.33. The van der Waals surface area contributed by atoms with Crippen LogP contribution >= 0.6 is 15.9 Å². The number of ether oxygens (including phenoxy) is 2. The van der Waals surface area contributed by atoms with Crippen molar-refractivity contribution in [2.45, 2.75) is 36.4 Å². The summed E-state index contributed by atoms with van der Waals surface area (Å²) in [5.74, 6) is 1.46. The summed E-state index contributed by atoms with van der Waals surface area (Å²) in [7, 11) is -3.36. The maximum atomic E-state index is 12.5. The largest absolute Gasteiger partial charge is 0.480 e. The minimum atomic E-state index is -3.36. The zero-order chi connectivity index (χ0) is 19.9. The highest BCUT2D eigenvalue weighted by Crippen LogP contribution is 2.34. The highest BCUT2D eigenvalue weighted by atomic mass is 79.9.